The highest BCUT2D eigenvalue weighted by Gasteiger charge is 2.03. The second-order valence-electron chi connectivity index (χ2n) is 2.41. The first-order valence-corrected chi connectivity index (χ1v) is 4.38. The Labute approximate surface area is 77.8 Å². The Morgan fingerprint density at radius 3 is 2.46 bits per heavy atom. The molecule has 0 saturated heterocycles. The first-order valence-electron chi connectivity index (χ1n) is 4.38. The summed E-state index contributed by atoms with van der Waals surface area (Å²) in [4.78, 5) is 21.6. The van der Waals surface area contributed by atoms with Gasteiger partial charge in [-0.15, -0.1) is 0 Å². The predicted molar refractivity (Wildman–Crippen MR) is 48.3 cm³/mol. The lowest BCUT2D eigenvalue weighted by Crippen LogP contribution is -2.39. The standard InChI is InChI=1S/C8H16N2O3/c1-3-5-9-8(12)10-6-7(11)13-4-2/h3-6H2,1-2H3,(H2,9,10,12). The van der Waals surface area contributed by atoms with E-state index >= 15 is 0 Å². The van der Waals surface area contributed by atoms with E-state index in [9.17, 15) is 9.59 Å². The lowest BCUT2D eigenvalue weighted by molar-refractivity contribution is -0.141. The topological polar surface area (TPSA) is 67.4 Å². The van der Waals surface area contributed by atoms with Crippen molar-refractivity contribution in [2.75, 3.05) is 19.7 Å². The largest absolute Gasteiger partial charge is 0.465 e. The van der Waals surface area contributed by atoms with E-state index < -0.39 is 5.97 Å². The van der Waals surface area contributed by atoms with Crippen molar-refractivity contribution in [3.05, 3.63) is 0 Å². The van der Waals surface area contributed by atoms with E-state index in [0.717, 1.165) is 6.42 Å². The summed E-state index contributed by atoms with van der Waals surface area (Å²) in [5.41, 5.74) is 0. The number of urea groups is 1. The summed E-state index contributed by atoms with van der Waals surface area (Å²) in [6.07, 6.45) is 0.868. The summed E-state index contributed by atoms with van der Waals surface area (Å²) < 4.78 is 4.62. The van der Waals surface area contributed by atoms with Crippen LogP contribution in [0.1, 0.15) is 20.3 Å². The fourth-order valence-corrected chi connectivity index (χ4v) is 0.665. The second kappa shape index (κ2) is 7.39. The smallest absolute Gasteiger partial charge is 0.325 e. The highest BCUT2D eigenvalue weighted by molar-refractivity contribution is 5.80. The molecule has 0 aromatic heterocycles. The third-order valence-electron chi connectivity index (χ3n) is 1.23. The third-order valence-corrected chi connectivity index (χ3v) is 1.23. The molecule has 0 fully saturated rings. The van der Waals surface area contributed by atoms with E-state index in [1.807, 2.05) is 6.92 Å². The number of carbonyl (C=O) groups is 2. The van der Waals surface area contributed by atoms with Crippen molar-refractivity contribution in [3.8, 4) is 0 Å². The summed E-state index contributed by atoms with van der Waals surface area (Å²) in [6, 6.07) is -0.338. The molecule has 0 spiro atoms. The molecular weight excluding hydrogens is 172 g/mol. The molecule has 0 aliphatic carbocycles. The van der Waals surface area contributed by atoms with E-state index in [-0.39, 0.29) is 12.6 Å². The zero-order chi connectivity index (χ0) is 10.1. The Kier molecular flexibility index (Phi) is 6.68. The van der Waals surface area contributed by atoms with Crippen LogP contribution in [-0.2, 0) is 9.53 Å². The summed E-state index contributed by atoms with van der Waals surface area (Å²) >= 11 is 0. The van der Waals surface area contributed by atoms with Crippen molar-refractivity contribution in [1.29, 1.82) is 0 Å². The Bertz CT molecular complexity index is 171. The maximum atomic E-state index is 10.9. The fourth-order valence-electron chi connectivity index (χ4n) is 0.665. The van der Waals surface area contributed by atoms with E-state index in [0.29, 0.717) is 13.2 Å². The lowest BCUT2D eigenvalue weighted by atomic mass is 10.5. The molecule has 0 heterocycles. The molecule has 2 N–H and O–H groups in total. The maximum Gasteiger partial charge on any atom is 0.325 e. The van der Waals surface area contributed by atoms with Gasteiger partial charge in [0.15, 0.2) is 0 Å². The highest BCUT2D eigenvalue weighted by Crippen LogP contribution is 1.76. The van der Waals surface area contributed by atoms with Gasteiger partial charge in [-0.25, -0.2) is 4.79 Å². The highest BCUT2D eigenvalue weighted by atomic mass is 16.5. The monoisotopic (exact) mass is 188 g/mol. The molecule has 0 bridgehead atoms. The summed E-state index contributed by atoms with van der Waals surface area (Å²) in [6.45, 7) is 4.52. The SMILES string of the molecule is CCCNC(=O)NCC(=O)OCC. The van der Waals surface area contributed by atoms with Crippen molar-refractivity contribution in [3.63, 3.8) is 0 Å². The molecule has 5 nitrogen and oxygen atoms in total. The van der Waals surface area contributed by atoms with Crippen LogP contribution in [0.4, 0.5) is 4.79 Å². The van der Waals surface area contributed by atoms with Gasteiger partial charge in [0, 0.05) is 6.54 Å². The van der Waals surface area contributed by atoms with Crippen LogP contribution in [0.3, 0.4) is 0 Å². The fraction of sp³-hybridized carbons (Fsp3) is 0.750. The van der Waals surface area contributed by atoms with Crippen LogP contribution in [0.5, 0.6) is 0 Å². The summed E-state index contributed by atoms with van der Waals surface area (Å²) in [5.74, 6) is -0.422. The van der Waals surface area contributed by atoms with Gasteiger partial charge in [-0.1, -0.05) is 6.92 Å². The molecule has 0 aliphatic heterocycles. The molecule has 0 radical (unpaired) electrons. The van der Waals surface area contributed by atoms with Gasteiger partial charge in [0.05, 0.1) is 6.61 Å². The van der Waals surface area contributed by atoms with Crippen molar-refractivity contribution in [2.45, 2.75) is 20.3 Å². The number of ether oxygens (including phenoxy) is 1. The maximum absolute atomic E-state index is 10.9. The van der Waals surface area contributed by atoms with Crippen LogP contribution in [0.15, 0.2) is 0 Å². The average molecular weight is 188 g/mol. The van der Waals surface area contributed by atoms with Gasteiger partial charge in [-0.05, 0) is 13.3 Å². The molecule has 0 rings (SSSR count). The van der Waals surface area contributed by atoms with Gasteiger partial charge >= 0.3 is 12.0 Å². The lowest BCUT2D eigenvalue weighted by Gasteiger charge is -2.05. The van der Waals surface area contributed by atoms with Crippen LogP contribution in [0.25, 0.3) is 0 Å². The zero-order valence-corrected chi connectivity index (χ0v) is 8.05. The quantitative estimate of drug-likeness (QED) is 0.608. The van der Waals surface area contributed by atoms with Crippen LogP contribution in [0.2, 0.25) is 0 Å². The minimum Gasteiger partial charge on any atom is -0.465 e. The van der Waals surface area contributed by atoms with Gasteiger partial charge in [0.1, 0.15) is 6.54 Å². The number of amides is 2. The first-order chi connectivity index (χ1) is 6.20. The molecule has 0 atom stereocenters. The van der Waals surface area contributed by atoms with E-state index in [1.54, 1.807) is 6.92 Å². The molecule has 5 heteroatoms. The van der Waals surface area contributed by atoms with E-state index in [4.69, 9.17) is 0 Å². The Morgan fingerprint density at radius 1 is 1.23 bits per heavy atom. The van der Waals surface area contributed by atoms with Gasteiger partial charge in [-0.3, -0.25) is 4.79 Å². The first kappa shape index (κ1) is 11.7. The second-order valence-corrected chi connectivity index (χ2v) is 2.41. The van der Waals surface area contributed by atoms with Crippen LogP contribution >= 0.6 is 0 Å². The van der Waals surface area contributed by atoms with Gasteiger partial charge < -0.3 is 15.4 Å². The zero-order valence-electron chi connectivity index (χ0n) is 8.05. The van der Waals surface area contributed by atoms with Crippen molar-refractivity contribution >= 4 is 12.0 Å². The third kappa shape index (κ3) is 7.11. The number of hydrogen-bond acceptors (Lipinski definition) is 3. The van der Waals surface area contributed by atoms with Crippen LogP contribution in [0, 0.1) is 0 Å². The minimum atomic E-state index is -0.422. The number of nitrogens with one attached hydrogen (secondary N) is 2. The molecule has 0 aromatic carbocycles. The molecular formula is C8H16N2O3. The summed E-state index contributed by atoms with van der Waals surface area (Å²) in [7, 11) is 0. The molecule has 0 aliphatic rings. The number of rotatable bonds is 5. The van der Waals surface area contributed by atoms with Gasteiger partial charge in [0.2, 0.25) is 0 Å². The molecule has 0 aromatic rings. The molecule has 0 unspecified atom stereocenters. The minimum absolute atomic E-state index is 0.0800. The van der Waals surface area contributed by atoms with Crippen molar-refractivity contribution in [1.82, 2.24) is 10.6 Å². The van der Waals surface area contributed by atoms with Crippen molar-refractivity contribution < 1.29 is 14.3 Å². The van der Waals surface area contributed by atoms with Crippen molar-refractivity contribution in [2.24, 2.45) is 0 Å². The number of carbonyl (C=O) groups excluding carboxylic acids is 2. The number of hydrogen-bond donors (Lipinski definition) is 2. The number of esters is 1. The molecule has 0 saturated carbocycles. The molecule has 13 heavy (non-hydrogen) atoms. The Morgan fingerprint density at radius 2 is 1.92 bits per heavy atom. The Balaban J connectivity index is 3.40. The normalized spacial score (nSPS) is 9.08. The summed E-state index contributed by atoms with van der Waals surface area (Å²) in [5, 5.41) is 4.95. The molecule has 2 amide bonds. The molecule has 76 valence electrons. The van der Waals surface area contributed by atoms with Crippen LogP contribution in [-0.4, -0.2) is 31.7 Å². The van der Waals surface area contributed by atoms with E-state index in [2.05, 4.69) is 15.4 Å². The van der Waals surface area contributed by atoms with Gasteiger partial charge in [-0.2, -0.15) is 0 Å². The van der Waals surface area contributed by atoms with E-state index in [1.165, 1.54) is 0 Å². The van der Waals surface area contributed by atoms with Crippen LogP contribution < -0.4 is 10.6 Å². The predicted octanol–water partition coefficient (Wildman–Crippen LogP) is 0.259. The Hall–Kier alpha value is -1.26. The average Bonchev–Trinajstić information content (AvgIpc) is 2.12. The van der Waals surface area contributed by atoms with Gasteiger partial charge in [0.25, 0.3) is 0 Å².